The average Bonchev–Trinajstić information content (AvgIpc) is 2.87. The lowest BCUT2D eigenvalue weighted by Gasteiger charge is -2.18. The van der Waals surface area contributed by atoms with Gasteiger partial charge in [-0.2, -0.15) is 0 Å². The third-order valence-electron chi connectivity index (χ3n) is 5.26. The maximum absolute atomic E-state index is 12.7. The molecule has 4 rings (SSSR count). The fourth-order valence-electron chi connectivity index (χ4n) is 3.78. The zero-order chi connectivity index (χ0) is 17.3. The highest BCUT2D eigenvalue weighted by Gasteiger charge is 2.81. The van der Waals surface area contributed by atoms with Crippen molar-refractivity contribution in [3.8, 4) is 0 Å². The Labute approximate surface area is 136 Å². The number of carbonyl (C=O) groups excluding carboxylic acids is 1. The van der Waals surface area contributed by atoms with Crippen LogP contribution in [-0.2, 0) is 9.59 Å². The molecule has 1 saturated heterocycles. The molecule has 2 N–H and O–H groups in total. The van der Waals surface area contributed by atoms with E-state index in [4.69, 9.17) is 0 Å². The SMILES string of the molecule is Cc1ccn2cc(C(=O)N3C[C@@]4(C(=O)O)C[C@@]4(C(=O)O)C3)nc2c1. The molecule has 2 aromatic rings. The number of amides is 1. The summed E-state index contributed by atoms with van der Waals surface area (Å²) in [5, 5.41) is 18.8. The number of piperidine rings is 1. The van der Waals surface area contributed by atoms with E-state index in [9.17, 15) is 24.6 Å². The zero-order valence-corrected chi connectivity index (χ0v) is 12.9. The fraction of sp³-hybridized carbons (Fsp3) is 0.375. The fourth-order valence-corrected chi connectivity index (χ4v) is 3.78. The van der Waals surface area contributed by atoms with Crippen LogP contribution in [0.15, 0.2) is 24.5 Å². The van der Waals surface area contributed by atoms with E-state index < -0.39 is 28.7 Å². The summed E-state index contributed by atoms with van der Waals surface area (Å²) in [6.07, 6.45) is 3.42. The highest BCUT2D eigenvalue weighted by atomic mass is 16.4. The van der Waals surface area contributed by atoms with Crippen LogP contribution in [0.3, 0.4) is 0 Å². The van der Waals surface area contributed by atoms with Gasteiger partial charge in [0.05, 0.1) is 0 Å². The molecule has 1 aliphatic heterocycles. The number of carboxylic acid groups (broad SMARTS) is 2. The van der Waals surface area contributed by atoms with Gasteiger partial charge < -0.3 is 19.5 Å². The first kappa shape index (κ1) is 14.7. The minimum atomic E-state index is -1.37. The molecule has 0 bridgehead atoms. The summed E-state index contributed by atoms with van der Waals surface area (Å²) in [6.45, 7) is 1.72. The van der Waals surface area contributed by atoms with Crippen LogP contribution >= 0.6 is 0 Å². The van der Waals surface area contributed by atoms with E-state index >= 15 is 0 Å². The van der Waals surface area contributed by atoms with E-state index in [1.807, 2.05) is 19.1 Å². The van der Waals surface area contributed by atoms with Crippen LogP contribution in [0.2, 0.25) is 0 Å². The van der Waals surface area contributed by atoms with Gasteiger partial charge in [-0.1, -0.05) is 0 Å². The number of aromatic nitrogens is 2. The first-order valence-corrected chi connectivity index (χ1v) is 7.51. The van der Waals surface area contributed by atoms with Gasteiger partial charge in [-0.05, 0) is 31.0 Å². The number of fused-ring (bicyclic) bond motifs is 2. The summed E-state index contributed by atoms with van der Waals surface area (Å²) >= 11 is 0. The van der Waals surface area contributed by atoms with Gasteiger partial charge in [-0.3, -0.25) is 14.4 Å². The Kier molecular flexibility index (Phi) is 2.65. The number of pyridine rings is 1. The number of likely N-dealkylation sites (tertiary alicyclic amines) is 1. The predicted molar refractivity (Wildman–Crippen MR) is 80.6 cm³/mol. The maximum Gasteiger partial charge on any atom is 0.312 e. The van der Waals surface area contributed by atoms with Gasteiger partial charge in [-0.15, -0.1) is 0 Å². The second kappa shape index (κ2) is 4.34. The topological polar surface area (TPSA) is 112 Å². The molecule has 8 heteroatoms. The predicted octanol–water partition coefficient (Wildman–Crippen LogP) is 0.644. The lowest BCUT2D eigenvalue weighted by Crippen LogP contribution is -2.34. The maximum atomic E-state index is 12.7. The van der Waals surface area contributed by atoms with Crippen LogP contribution in [0.4, 0.5) is 0 Å². The van der Waals surface area contributed by atoms with Crippen LogP contribution in [0.5, 0.6) is 0 Å². The van der Waals surface area contributed by atoms with Crippen molar-refractivity contribution in [1.82, 2.24) is 14.3 Å². The van der Waals surface area contributed by atoms with Crippen LogP contribution in [0, 0.1) is 17.8 Å². The van der Waals surface area contributed by atoms with Crippen LogP contribution in [-0.4, -0.2) is 55.4 Å². The van der Waals surface area contributed by atoms with E-state index in [2.05, 4.69) is 4.98 Å². The summed E-state index contributed by atoms with van der Waals surface area (Å²) in [7, 11) is 0. The van der Waals surface area contributed by atoms with E-state index in [0.29, 0.717) is 5.65 Å². The Morgan fingerprint density at radius 2 is 1.79 bits per heavy atom. The van der Waals surface area contributed by atoms with E-state index in [1.165, 1.54) is 4.90 Å². The molecule has 3 heterocycles. The number of carboxylic acids is 2. The Balaban J connectivity index is 1.66. The molecule has 0 aromatic carbocycles. The van der Waals surface area contributed by atoms with Gasteiger partial charge in [0.15, 0.2) is 0 Å². The first-order chi connectivity index (χ1) is 11.3. The number of hydrogen-bond donors (Lipinski definition) is 2. The lowest BCUT2D eigenvalue weighted by molar-refractivity contribution is -0.151. The second-order valence-electron chi connectivity index (χ2n) is 6.71. The summed E-state index contributed by atoms with van der Waals surface area (Å²) in [5.41, 5.74) is -0.940. The molecule has 2 aromatic heterocycles. The average molecular weight is 329 g/mol. The summed E-state index contributed by atoms with van der Waals surface area (Å²) < 4.78 is 1.71. The number of hydrogen-bond acceptors (Lipinski definition) is 4. The Hall–Kier alpha value is -2.90. The minimum absolute atomic E-state index is 0.0683. The molecule has 2 aliphatic rings. The molecular formula is C16H15N3O5. The summed E-state index contributed by atoms with van der Waals surface area (Å²) in [5.74, 6) is -2.76. The first-order valence-electron chi connectivity index (χ1n) is 7.51. The molecule has 2 fully saturated rings. The standard InChI is InChI=1S/C16H15N3O5/c1-9-2-3-18-5-10(17-11(18)4-9)12(20)19-7-15(13(21)22)6-16(15,8-19)14(23)24/h2-5H,6-8H2,1H3,(H,21,22)(H,23,24)/t15-,16+. The van der Waals surface area contributed by atoms with Gasteiger partial charge in [0, 0.05) is 25.5 Å². The van der Waals surface area contributed by atoms with Crippen molar-refractivity contribution in [3.63, 3.8) is 0 Å². The summed E-state index contributed by atoms with van der Waals surface area (Å²) in [6, 6.07) is 3.71. The monoisotopic (exact) mass is 329 g/mol. The van der Waals surface area contributed by atoms with Crippen molar-refractivity contribution in [2.24, 2.45) is 10.8 Å². The molecule has 1 saturated carbocycles. The molecule has 0 spiro atoms. The molecule has 8 nitrogen and oxygen atoms in total. The van der Waals surface area contributed by atoms with E-state index in [0.717, 1.165) is 5.56 Å². The Morgan fingerprint density at radius 1 is 1.17 bits per heavy atom. The van der Waals surface area contributed by atoms with Gasteiger partial charge in [0.25, 0.3) is 5.91 Å². The number of carbonyl (C=O) groups is 3. The largest absolute Gasteiger partial charge is 0.481 e. The Bertz CT molecular complexity index is 892. The van der Waals surface area contributed by atoms with Gasteiger partial charge in [0.1, 0.15) is 22.2 Å². The smallest absolute Gasteiger partial charge is 0.312 e. The quantitative estimate of drug-likeness (QED) is 0.855. The number of imidazole rings is 1. The zero-order valence-electron chi connectivity index (χ0n) is 12.9. The van der Waals surface area contributed by atoms with Crippen molar-refractivity contribution in [3.05, 3.63) is 35.8 Å². The number of nitrogens with zero attached hydrogens (tertiary/aromatic N) is 3. The van der Waals surface area contributed by atoms with Gasteiger partial charge in [-0.25, -0.2) is 4.98 Å². The van der Waals surface area contributed by atoms with Gasteiger partial charge >= 0.3 is 11.9 Å². The molecule has 24 heavy (non-hydrogen) atoms. The molecule has 124 valence electrons. The molecular weight excluding hydrogens is 314 g/mol. The summed E-state index contributed by atoms with van der Waals surface area (Å²) in [4.78, 5) is 41.3. The van der Waals surface area contributed by atoms with Crippen molar-refractivity contribution < 1.29 is 24.6 Å². The third kappa shape index (κ3) is 1.68. The van der Waals surface area contributed by atoms with Gasteiger partial charge in [0.2, 0.25) is 0 Å². The number of aliphatic carboxylic acids is 2. The van der Waals surface area contributed by atoms with E-state index in [-0.39, 0.29) is 25.2 Å². The molecule has 1 amide bonds. The van der Waals surface area contributed by atoms with Crippen molar-refractivity contribution in [1.29, 1.82) is 0 Å². The minimum Gasteiger partial charge on any atom is -0.481 e. The van der Waals surface area contributed by atoms with Crippen LogP contribution < -0.4 is 0 Å². The highest BCUT2D eigenvalue weighted by Crippen LogP contribution is 2.68. The van der Waals surface area contributed by atoms with Crippen LogP contribution in [0.1, 0.15) is 22.5 Å². The normalized spacial score (nSPS) is 28.0. The van der Waals surface area contributed by atoms with Crippen molar-refractivity contribution in [2.45, 2.75) is 13.3 Å². The lowest BCUT2D eigenvalue weighted by atomic mass is 9.97. The Morgan fingerprint density at radius 3 is 2.38 bits per heavy atom. The number of aryl methyl sites for hydroxylation is 1. The third-order valence-corrected chi connectivity index (χ3v) is 5.26. The van der Waals surface area contributed by atoms with Crippen LogP contribution in [0.25, 0.3) is 5.65 Å². The molecule has 0 radical (unpaired) electrons. The molecule has 1 aliphatic carbocycles. The molecule has 0 unspecified atom stereocenters. The highest BCUT2D eigenvalue weighted by molar-refractivity contribution is 5.99. The van der Waals surface area contributed by atoms with E-state index in [1.54, 1.807) is 16.8 Å². The van der Waals surface area contributed by atoms with Crippen molar-refractivity contribution in [2.75, 3.05) is 13.1 Å². The van der Waals surface area contributed by atoms with Crippen molar-refractivity contribution >= 4 is 23.5 Å². The second-order valence-corrected chi connectivity index (χ2v) is 6.71. The number of rotatable bonds is 3. The molecule has 2 atom stereocenters.